The van der Waals surface area contributed by atoms with Gasteiger partial charge in [0.15, 0.2) is 10.6 Å². The number of nitrogens with zero attached hydrogens (tertiary/aromatic N) is 4. The average Bonchev–Trinajstić information content (AvgIpc) is 3.57. The lowest BCUT2D eigenvalue weighted by Crippen LogP contribution is -2.40. The summed E-state index contributed by atoms with van der Waals surface area (Å²) in [6, 6.07) is 6.91. The van der Waals surface area contributed by atoms with Crippen molar-refractivity contribution in [3.63, 3.8) is 0 Å². The van der Waals surface area contributed by atoms with E-state index in [0.29, 0.717) is 36.5 Å². The van der Waals surface area contributed by atoms with Crippen LogP contribution in [0, 0.1) is 0 Å². The molecule has 4 aromatic heterocycles. The standard InChI is InChI=1S/C27H25F3N6O4S/c28-27(29,30)26-33-20(18-11-8-16(13-36(18)26)35-12-2-1-3-19(35)37)23(39)32-15-6-9-17(10-7-15)40-24-21(22(31)38)41-25(34-24)14-4-5-14/h1-3,8,11-15,17H,4-7,9-10H2,(H2,31,38)(H,32,39). The third-order valence-corrected chi connectivity index (χ3v) is 8.46. The number of amides is 2. The van der Waals surface area contributed by atoms with Crippen molar-refractivity contribution < 1.29 is 27.5 Å². The van der Waals surface area contributed by atoms with Crippen molar-refractivity contribution in [3.8, 4) is 11.6 Å². The summed E-state index contributed by atoms with van der Waals surface area (Å²) in [6.45, 7) is 0. The first-order valence-electron chi connectivity index (χ1n) is 13.1. The molecule has 4 aromatic rings. The van der Waals surface area contributed by atoms with Gasteiger partial charge >= 0.3 is 6.18 Å². The van der Waals surface area contributed by atoms with Crippen LogP contribution in [0.2, 0.25) is 0 Å². The number of pyridine rings is 2. The Balaban J connectivity index is 1.17. The molecule has 214 valence electrons. The molecule has 0 aliphatic heterocycles. The van der Waals surface area contributed by atoms with Crippen LogP contribution in [0.4, 0.5) is 13.2 Å². The highest BCUT2D eigenvalue weighted by Crippen LogP contribution is 2.44. The van der Waals surface area contributed by atoms with E-state index < -0.39 is 29.4 Å². The Hall–Kier alpha value is -4.20. The summed E-state index contributed by atoms with van der Waals surface area (Å²) in [5, 5.41) is 3.66. The average molecular weight is 587 g/mol. The maximum atomic E-state index is 13.9. The predicted octanol–water partition coefficient (Wildman–Crippen LogP) is 4.06. The minimum Gasteiger partial charge on any atom is -0.473 e. The van der Waals surface area contributed by atoms with Crippen LogP contribution in [0.25, 0.3) is 11.2 Å². The van der Waals surface area contributed by atoms with Gasteiger partial charge in [-0.3, -0.25) is 23.4 Å². The summed E-state index contributed by atoms with van der Waals surface area (Å²) in [5.41, 5.74) is 4.90. The van der Waals surface area contributed by atoms with Gasteiger partial charge in [0.1, 0.15) is 11.1 Å². The van der Waals surface area contributed by atoms with Crippen LogP contribution in [0.5, 0.6) is 5.88 Å². The zero-order valence-corrected chi connectivity index (χ0v) is 22.4. The van der Waals surface area contributed by atoms with E-state index >= 15 is 0 Å². The Kier molecular flexibility index (Phi) is 6.80. The Bertz CT molecular complexity index is 1700. The lowest BCUT2D eigenvalue weighted by atomic mass is 9.93. The molecule has 0 aromatic carbocycles. The van der Waals surface area contributed by atoms with Gasteiger partial charge in [-0.05, 0) is 56.7 Å². The highest BCUT2D eigenvalue weighted by atomic mass is 32.1. The van der Waals surface area contributed by atoms with E-state index in [1.165, 1.54) is 46.4 Å². The number of hydrogen-bond acceptors (Lipinski definition) is 7. The predicted molar refractivity (Wildman–Crippen MR) is 143 cm³/mol. The fourth-order valence-corrected chi connectivity index (χ4v) is 6.05. The number of nitrogens with one attached hydrogen (secondary N) is 1. The molecule has 2 aliphatic carbocycles. The molecule has 4 heterocycles. The number of ether oxygens (including phenoxy) is 1. The number of alkyl halides is 3. The summed E-state index contributed by atoms with van der Waals surface area (Å²) in [4.78, 5) is 45.6. The van der Waals surface area contributed by atoms with E-state index in [4.69, 9.17) is 10.5 Å². The molecule has 2 amide bonds. The van der Waals surface area contributed by atoms with Crippen molar-refractivity contribution >= 4 is 28.7 Å². The van der Waals surface area contributed by atoms with Crippen LogP contribution < -0.4 is 21.3 Å². The molecular weight excluding hydrogens is 561 g/mol. The van der Waals surface area contributed by atoms with Gasteiger partial charge in [0.2, 0.25) is 11.7 Å². The Morgan fingerprint density at radius 2 is 1.80 bits per heavy atom. The summed E-state index contributed by atoms with van der Waals surface area (Å²) in [6.07, 6.45) is 1.69. The van der Waals surface area contributed by atoms with Gasteiger partial charge in [-0.1, -0.05) is 6.07 Å². The number of imidazole rings is 1. The van der Waals surface area contributed by atoms with Gasteiger partial charge in [-0.2, -0.15) is 13.2 Å². The van der Waals surface area contributed by atoms with Crippen molar-refractivity contribution in [2.45, 2.75) is 62.8 Å². The molecule has 0 saturated heterocycles. The molecule has 14 heteroatoms. The van der Waals surface area contributed by atoms with E-state index in [0.717, 1.165) is 28.4 Å². The Morgan fingerprint density at radius 1 is 1.05 bits per heavy atom. The molecule has 41 heavy (non-hydrogen) atoms. The second-order valence-electron chi connectivity index (χ2n) is 10.2. The number of nitrogens with two attached hydrogens (primary N) is 1. The lowest BCUT2D eigenvalue weighted by molar-refractivity contribution is -0.145. The Morgan fingerprint density at radius 3 is 2.46 bits per heavy atom. The largest absolute Gasteiger partial charge is 0.473 e. The highest BCUT2D eigenvalue weighted by molar-refractivity contribution is 7.14. The van der Waals surface area contributed by atoms with Crippen molar-refractivity contribution in [3.05, 3.63) is 74.5 Å². The molecule has 0 bridgehead atoms. The van der Waals surface area contributed by atoms with Gasteiger partial charge in [-0.25, -0.2) is 9.97 Å². The number of carbonyl (C=O) groups is 2. The summed E-state index contributed by atoms with van der Waals surface area (Å²) < 4.78 is 49.7. The maximum Gasteiger partial charge on any atom is 0.450 e. The van der Waals surface area contributed by atoms with E-state index in [9.17, 15) is 27.6 Å². The fourth-order valence-electron chi connectivity index (χ4n) is 5.02. The van der Waals surface area contributed by atoms with Crippen LogP contribution in [-0.2, 0) is 6.18 Å². The lowest BCUT2D eigenvalue weighted by Gasteiger charge is -2.29. The van der Waals surface area contributed by atoms with Gasteiger partial charge < -0.3 is 15.8 Å². The number of carbonyl (C=O) groups excluding carboxylic acids is 2. The van der Waals surface area contributed by atoms with Gasteiger partial charge in [0, 0.05) is 30.4 Å². The van der Waals surface area contributed by atoms with Gasteiger partial charge in [0.05, 0.1) is 11.2 Å². The number of thiazole rings is 1. The third kappa shape index (κ3) is 5.43. The zero-order valence-electron chi connectivity index (χ0n) is 21.6. The van der Waals surface area contributed by atoms with Crippen LogP contribution in [-0.4, -0.2) is 42.9 Å². The molecule has 0 spiro atoms. The smallest absolute Gasteiger partial charge is 0.450 e. The summed E-state index contributed by atoms with van der Waals surface area (Å²) >= 11 is 1.26. The topological polar surface area (TPSA) is 134 Å². The molecule has 6 rings (SSSR count). The molecule has 2 fully saturated rings. The third-order valence-electron chi connectivity index (χ3n) is 7.24. The van der Waals surface area contributed by atoms with Crippen LogP contribution in [0.3, 0.4) is 0 Å². The first-order valence-corrected chi connectivity index (χ1v) is 14.0. The minimum atomic E-state index is -4.84. The fraction of sp³-hybridized carbons (Fsp3) is 0.370. The molecule has 10 nitrogen and oxygen atoms in total. The molecule has 0 unspecified atom stereocenters. The van der Waals surface area contributed by atoms with E-state index in [-0.39, 0.29) is 34.9 Å². The number of rotatable bonds is 7. The summed E-state index contributed by atoms with van der Waals surface area (Å²) in [7, 11) is 0. The molecule has 2 aliphatic rings. The SMILES string of the molecule is NC(=O)c1sc(C2CC2)nc1OC1CCC(NC(=O)c2nc(C(F)(F)F)n3cc(-n4ccccc4=O)ccc23)CC1. The van der Waals surface area contributed by atoms with E-state index in [1.807, 2.05) is 0 Å². The normalized spacial score (nSPS) is 19.3. The molecule has 0 atom stereocenters. The minimum absolute atomic E-state index is 0.0337. The quantitative estimate of drug-likeness (QED) is 0.336. The zero-order chi connectivity index (χ0) is 28.9. The number of hydrogen-bond donors (Lipinski definition) is 2. The van der Waals surface area contributed by atoms with Crippen LogP contribution >= 0.6 is 11.3 Å². The molecule has 2 saturated carbocycles. The number of primary amides is 1. The Labute approximate surface area is 235 Å². The van der Waals surface area contributed by atoms with Gasteiger partial charge in [0.25, 0.3) is 17.4 Å². The van der Waals surface area contributed by atoms with Crippen molar-refractivity contribution in [1.29, 1.82) is 0 Å². The number of aromatic nitrogens is 4. The second kappa shape index (κ2) is 10.3. The summed E-state index contributed by atoms with van der Waals surface area (Å²) in [5.74, 6) is -1.97. The molecule has 0 radical (unpaired) electrons. The second-order valence-corrected chi connectivity index (χ2v) is 11.3. The van der Waals surface area contributed by atoms with E-state index in [2.05, 4.69) is 15.3 Å². The number of fused-ring (bicyclic) bond motifs is 1. The molecule has 3 N–H and O–H groups in total. The number of halogens is 3. The maximum absolute atomic E-state index is 13.9. The molecular formula is C27H25F3N6O4S. The van der Waals surface area contributed by atoms with Crippen LogP contribution in [0.1, 0.15) is 75.4 Å². The van der Waals surface area contributed by atoms with Crippen molar-refractivity contribution in [2.75, 3.05) is 0 Å². The first-order chi connectivity index (χ1) is 19.6. The van der Waals surface area contributed by atoms with Crippen LogP contribution in [0.15, 0.2) is 47.5 Å². The highest BCUT2D eigenvalue weighted by Gasteiger charge is 2.39. The van der Waals surface area contributed by atoms with E-state index in [1.54, 1.807) is 6.07 Å². The van der Waals surface area contributed by atoms with Crippen molar-refractivity contribution in [1.82, 2.24) is 24.3 Å². The monoisotopic (exact) mass is 586 g/mol. The van der Waals surface area contributed by atoms with Crippen molar-refractivity contribution in [2.24, 2.45) is 5.73 Å². The first kappa shape index (κ1) is 27.0. The van der Waals surface area contributed by atoms with Gasteiger partial charge in [-0.15, -0.1) is 11.3 Å².